The first-order chi connectivity index (χ1) is 13.3. The number of halogens is 1. The highest BCUT2D eigenvalue weighted by Crippen LogP contribution is 2.24. The van der Waals surface area contributed by atoms with E-state index in [1.54, 1.807) is 24.3 Å². The van der Waals surface area contributed by atoms with Gasteiger partial charge in [0.05, 0.1) is 4.90 Å². The lowest BCUT2D eigenvalue weighted by Crippen LogP contribution is -2.41. The molecule has 150 valence electrons. The number of hydrogen-bond acceptors (Lipinski definition) is 3. The second-order valence-corrected chi connectivity index (χ2v) is 9.08. The van der Waals surface area contributed by atoms with Crippen molar-refractivity contribution in [2.75, 3.05) is 0 Å². The summed E-state index contributed by atoms with van der Waals surface area (Å²) in [6.07, 6.45) is 4.51. The lowest BCUT2D eigenvalue weighted by atomic mass is 9.86. The highest BCUT2D eigenvalue weighted by atomic mass is 32.2. The van der Waals surface area contributed by atoms with Crippen LogP contribution in [0, 0.1) is 11.7 Å². The van der Waals surface area contributed by atoms with Gasteiger partial charge in [-0.2, -0.15) is 0 Å². The average molecular weight is 405 g/mol. The fraction of sp³-hybridized carbons (Fsp3) is 0.381. The van der Waals surface area contributed by atoms with Crippen LogP contribution in [-0.4, -0.2) is 20.4 Å². The van der Waals surface area contributed by atoms with Crippen LogP contribution in [0.1, 0.15) is 48.5 Å². The number of sulfonamides is 1. The van der Waals surface area contributed by atoms with E-state index in [9.17, 15) is 17.6 Å². The van der Waals surface area contributed by atoms with Crippen LogP contribution in [0.3, 0.4) is 0 Å². The number of amides is 1. The number of carbonyl (C=O) groups is 1. The number of benzene rings is 2. The summed E-state index contributed by atoms with van der Waals surface area (Å²) < 4.78 is 39.9. The predicted octanol–water partition coefficient (Wildman–Crippen LogP) is 3.61. The first-order valence-corrected chi connectivity index (χ1v) is 11.0. The third-order valence-electron chi connectivity index (χ3n) is 5.23. The Morgan fingerprint density at radius 1 is 1.04 bits per heavy atom. The van der Waals surface area contributed by atoms with Gasteiger partial charge in [0.25, 0.3) is 5.91 Å². The van der Waals surface area contributed by atoms with Crippen LogP contribution in [0.5, 0.6) is 0 Å². The molecule has 0 aromatic heterocycles. The minimum absolute atomic E-state index is 0.00602. The van der Waals surface area contributed by atoms with Crippen LogP contribution in [0.4, 0.5) is 4.39 Å². The van der Waals surface area contributed by atoms with Crippen molar-refractivity contribution >= 4 is 15.9 Å². The van der Waals surface area contributed by atoms with Gasteiger partial charge < -0.3 is 5.32 Å². The standard InChI is InChI=1S/C21H25FN2O3S/c1-15-4-2-3-5-20(15)24-21(25)17-8-6-16(7-9-17)14-23-28(26,27)19-12-10-18(22)11-13-19/h6-13,15,20,23H,2-5,14H2,1H3,(H,24,25). The molecular weight excluding hydrogens is 379 g/mol. The summed E-state index contributed by atoms with van der Waals surface area (Å²) >= 11 is 0. The van der Waals surface area contributed by atoms with E-state index < -0.39 is 15.8 Å². The van der Waals surface area contributed by atoms with Crippen molar-refractivity contribution in [1.29, 1.82) is 0 Å². The number of hydrogen-bond donors (Lipinski definition) is 2. The molecule has 0 bridgehead atoms. The zero-order valence-electron chi connectivity index (χ0n) is 15.8. The monoisotopic (exact) mass is 404 g/mol. The normalized spacial score (nSPS) is 19.9. The highest BCUT2D eigenvalue weighted by molar-refractivity contribution is 7.89. The second-order valence-electron chi connectivity index (χ2n) is 7.32. The fourth-order valence-corrected chi connectivity index (χ4v) is 4.45. The Balaban J connectivity index is 1.58. The zero-order chi connectivity index (χ0) is 20.1. The summed E-state index contributed by atoms with van der Waals surface area (Å²) in [7, 11) is -3.72. The smallest absolute Gasteiger partial charge is 0.251 e. The van der Waals surface area contributed by atoms with Crippen molar-refractivity contribution in [3.8, 4) is 0 Å². The van der Waals surface area contributed by atoms with Crippen molar-refractivity contribution in [1.82, 2.24) is 10.0 Å². The van der Waals surface area contributed by atoms with Crippen LogP contribution in [0.25, 0.3) is 0 Å². The van der Waals surface area contributed by atoms with Gasteiger partial charge in [0.1, 0.15) is 5.82 Å². The van der Waals surface area contributed by atoms with Crippen molar-refractivity contribution in [3.63, 3.8) is 0 Å². The molecule has 7 heteroatoms. The van der Waals surface area contributed by atoms with Gasteiger partial charge in [0.15, 0.2) is 0 Å². The maximum absolute atomic E-state index is 13.0. The quantitative estimate of drug-likeness (QED) is 0.772. The molecule has 2 aromatic rings. The maximum Gasteiger partial charge on any atom is 0.251 e. The summed E-state index contributed by atoms with van der Waals surface area (Å²) in [6, 6.07) is 11.7. The van der Waals surface area contributed by atoms with Gasteiger partial charge in [-0.15, -0.1) is 0 Å². The van der Waals surface area contributed by atoms with E-state index in [1.165, 1.54) is 18.6 Å². The maximum atomic E-state index is 13.0. The van der Waals surface area contributed by atoms with E-state index >= 15 is 0 Å². The number of carbonyl (C=O) groups excluding carboxylic acids is 1. The Kier molecular flexibility index (Phi) is 6.46. The molecule has 28 heavy (non-hydrogen) atoms. The van der Waals surface area contributed by atoms with E-state index in [4.69, 9.17) is 0 Å². The summed E-state index contributed by atoms with van der Waals surface area (Å²) in [5, 5.41) is 3.11. The van der Waals surface area contributed by atoms with Crippen molar-refractivity contribution in [2.24, 2.45) is 5.92 Å². The Morgan fingerprint density at radius 3 is 2.32 bits per heavy atom. The molecule has 2 unspecified atom stereocenters. The van der Waals surface area contributed by atoms with Gasteiger partial charge in [0.2, 0.25) is 10.0 Å². The van der Waals surface area contributed by atoms with Gasteiger partial charge in [-0.05, 0) is 60.7 Å². The van der Waals surface area contributed by atoms with Gasteiger partial charge in [-0.3, -0.25) is 4.79 Å². The van der Waals surface area contributed by atoms with Gasteiger partial charge in [-0.1, -0.05) is 31.9 Å². The van der Waals surface area contributed by atoms with E-state index in [2.05, 4.69) is 17.0 Å². The zero-order valence-corrected chi connectivity index (χ0v) is 16.6. The molecule has 0 spiro atoms. The van der Waals surface area contributed by atoms with Crippen molar-refractivity contribution in [3.05, 3.63) is 65.5 Å². The van der Waals surface area contributed by atoms with E-state index in [0.717, 1.165) is 37.0 Å². The molecule has 0 radical (unpaired) electrons. The van der Waals surface area contributed by atoms with Crippen molar-refractivity contribution in [2.45, 2.75) is 50.1 Å². The SMILES string of the molecule is CC1CCCCC1NC(=O)c1ccc(CNS(=O)(=O)c2ccc(F)cc2)cc1. The topological polar surface area (TPSA) is 75.3 Å². The molecule has 5 nitrogen and oxygen atoms in total. The molecule has 2 N–H and O–H groups in total. The largest absolute Gasteiger partial charge is 0.349 e. The highest BCUT2D eigenvalue weighted by Gasteiger charge is 2.23. The van der Waals surface area contributed by atoms with Crippen molar-refractivity contribution < 1.29 is 17.6 Å². The lowest BCUT2D eigenvalue weighted by molar-refractivity contribution is 0.0910. The van der Waals surface area contributed by atoms with Gasteiger partial charge in [-0.25, -0.2) is 17.5 Å². The summed E-state index contributed by atoms with van der Waals surface area (Å²) in [5.74, 6) is -0.106. The molecule has 0 aliphatic heterocycles. The minimum atomic E-state index is -3.72. The first kappa shape index (κ1) is 20.5. The van der Waals surface area contributed by atoms with Gasteiger partial charge >= 0.3 is 0 Å². The van der Waals surface area contributed by atoms with Crippen LogP contribution >= 0.6 is 0 Å². The molecule has 1 aliphatic rings. The Morgan fingerprint density at radius 2 is 1.68 bits per heavy atom. The first-order valence-electron chi connectivity index (χ1n) is 9.50. The molecule has 1 saturated carbocycles. The van der Waals surface area contributed by atoms with Crippen LogP contribution in [-0.2, 0) is 16.6 Å². The van der Waals surface area contributed by atoms with E-state index in [1.807, 2.05) is 0 Å². The van der Waals surface area contributed by atoms with E-state index in [0.29, 0.717) is 11.5 Å². The second kappa shape index (κ2) is 8.84. The Hall–Kier alpha value is -2.25. The van der Waals surface area contributed by atoms with E-state index in [-0.39, 0.29) is 23.4 Å². The Labute approximate surface area is 165 Å². The molecule has 2 aromatic carbocycles. The number of rotatable bonds is 6. The average Bonchev–Trinajstić information content (AvgIpc) is 2.69. The summed E-state index contributed by atoms with van der Waals surface area (Å²) in [5.41, 5.74) is 1.29. The lowest BCUT2D eigenvalue weighted by Gasteiger charge is -2.29. The van der Waals surface area contributed by atoms with Crippen LogP contribution in [0.2, 0.25) is 0 Å². The van der Waals surface area contributed by atoms with Crippen LogP contribution in [0.15, 0.2) is 53.4 Å². The summed E-state index contributed by atoms with van der Waals surface area (Å²) in [4.78, 5) is 12.5. The van der Waals surface area contributed by atoms with Gasteiger partial charge in [0, 0.05) is 18.2 Å². The molecule has 0 heterocycles. The third-order valence-corrected chi connectivity index (χ3v) is 6.65. The molecule has 3 rings (SSSR count). The minimum Gasteiger partial charge on any atom is -0.349 e. The molecular formula is C21H25FN2O3S. The molecule has 0 saturated heterocycles. The Bertz CT molecular complexity index is 912. The molecule has 2 atom stereocenters. The summed E-state index contributed by atoms with van der Waals surface area (Å²) in [6.45, 7) is 2.25. The van der Waals surface area contributed by atoms with Crippen LogP contribution < -0.4 is 10.0 Å². The number of nitrogens with one attached hydrogen (secondary N) is 2. The predicted molar refractivity (Wildman–Crippen MR) is 106 cm³/mol. The third kappa shape index (κ3) is 5.17. The fourth-order valence-electron chi connectivity index (χ4n) is 3.43. The molecule has 1 aliphatic carbocycles. The molecule has 1 fully saturated rings. The molecule has 1 amide bonds.